The van der Waals surface area contributed by atoms with Crippen LogP contribution in [0.1, 0.15) is 45.6 Å². The van der Waals surface area contributed by atoms with Crippen LogP contribution < -0.4 is 0 Å². The van der Waals surface area contributed by atoms with Crippen LogP contribution in [0.4, 0.5) is 8.78 Å². The predicted molar refractivity (Wildman–Crippen MR) is 75.4 cm³/mol. The molecule has 0 aliphatic heterocycles. The van der Waals surface area contributed by atoms with E-state index in [4.69, 9.17) is 0 Å². The summed E-state index contributed by atoms with van der Waals surface area (Å²) in [7, 11) is 0. The van der Waals surface area contributed by atoms with Crippen LogP contribution >= 0.6 is 0 Å². The molecule has 2 rings (SSSR count). The summed E-state index contributed by atoms with van der Waals surface area (Å²) in [6.07, 6.45) is 2.69. The Balaban J connectivity index is 2.21. The molecule has 110 valence electrons. The van der Waals surface area contributed by atoms with Gasteiger partial charge in [-0.25, -0.2) is 8.78 Å². The summed E-state index contributed by atoms with van der Waals surface area (Å²) in [6, 6.07) is 3.92. The molecule has 20 heavy (non-hydrogen) atoms. The molecule has 1 aliphatic rings. The fourth-order valence-corrected chi connectivity index (χ4v) is 3.31. The third-order valence-corrected chi connectivity index (χ3v) is 4.52. The van der Waals surface area contributed by atoms with Crippen molar-refractivity contribution in [2.45, 2.75) is 46.5 Å². The van der Waals surface area contributed by atoms with E-state index in [1.54, 1.807) is 0 Å². The first-order valence-electron chi connectivity index (χ1n) is 7.27. The first-order valence-corrected chi connectivity index (χ1v) is 7.27. The van der Waals surface area contributed by atoms with Crippen molar-refractivity contribution in [2.24, 2.45) is 17.3 Å². The molecular weight excluding hydrogens is 258 g/mol. The number of carbonyl (C=O) groups excluding carboxylic acids is 1. The molecule has 0 aromatic heterocycles. The molecule has 1 aromatic rings. The van der Waals surface area contributed by atoms with Gasteiger partial charge >= 0.3 is 0 Å². The van der Waals surface area contributed by atoms with E-state index in [2.05, 4.69) is 6.92 Å². The Morgan fingerprint density at radius 1 is 1.20 bits per heavy atom. The number of halogens is 2. The topological polar surface area (TPSA) is 17.1 Å². The number of ketones is 1. The van der Waals surface area contributed by atoms with Crippen molar-refractivity contribution in [3.8, 4) is 0 Å². The van der Waals surface area contributed by atoms with Crippen LogP contribution in [0.5, 0.6) is 0 Å². The molecule has 1 saturated carbocycles. The first kappa shape index (κ1) is 15.1. The number of rotatable bonds is 3. The Hall–Kier alpha value is -1.25. The average molecular weight is 280 g/mol. The van der Waals surface area contributed by atoms with Gasteiger partial charge in [-0.2, -0.15) is 0 Å². The summed E-state index contributed by atoms with van der Waals surface area (Å²) in [5.41, 5.74) is -0.316. The van der Waals surface area contributed by atoms with E-state index in [0.717, 1.165) is 12.8 Å². The highest BCUT2D eigenvalue weighted by Crippen LogP contribution is 2.40. The largest absolute Gasteiger partial charge is 0.299 e. The van der Waals surface area contributed by atoms with Gasteiger partial charge in [0.15, 0.2) is 0 Å². The van der Waals surface area contributed by atoms with E-state index >= 15 is 0 Å². The molecule has 1 fully saturated rings. The van der Waals surface area contributed by atoms with Crippen molar-refractivity contribution in [3.63, 3.8) is 0 Å². The predicted octanol–water partition coefficient (Wildman–Crippen LogP) is 4.54. The van der Waals surface area contributed by atoms with Crippen LogP contribution in [-0.4, -0.2) is 5.78 Å². The molecular formula is C17H22F2O. The molecule has 1 aromatic carbocycles. The Morgan fingerprint density at radius 2 is 1.80 bits per heavy atom. The fraction of sp³-hybridized carbons (Fsp3) is 0.588. The van der Waals surface area contributed by atoms with Gasteiger partial charge in [0, 0.05) is 17.9 Å². The second kappa shape index (κ2) is 5.63. The number of Topliss-reactive ketones (excluding diaryl/α,β-unsaturated/α-hetero) is 1. The minimum atomic E-state index is -0.519. The quantitative estimate of drug-likeness (QED) is 0.794. The van der Waals surface area contributed by atoms with Gasteiger partial charge in [0.1, 0.15) is 17.4 Å². The minimum absolute atomic E-state index is 0.0993. The lowest BCUT2D eigenvalue weighted by atomic mass is 9.66. The molecule has 0 bridgehead atoms. The fourth-order valence-electron chi connectivity index (χ4n) is 3.31. The zero-order valence-corrected chi connectivity index (χ0v) is 12.4. The SMILES string of the molecule is CC1CCC(C(C)(C)Cc2c(F)cccc2F)C(=O)C1. The lowest BCUT2D eigenvalue weighted by Crippen LogP contribution is -2.37. The van der Waals surface area contributed by atoms with Crippen molar-refractivity contribution in [1.82, 2.24) is 0 Å². The molecule has 3 heteroatoms. The van der Waals surface area contributed by atoms with E-state index in [1.165, 1.54) is 18.2 Å². The van der Waals surface area contributed by atoms with E-state index < -0.39 is 17.0 Å². The van der Waals surface area contributed by atoms with Crippen molar-refractivity contribution in [3.05, 3.63) is 35.4 Å². The molecule has 2 atom stereocenters. The molecule has 0 N–H and O–H groups in total. The zero-order chi connectivity index (χ0) is 14.9. The van der Waals surface area contributed by atoms with E-state index in [9.17, 15) is 13.6 Å². The van der Waals surface area contributed by atoms with E-state index in [0.29, 0.717) is 12.3 Å². The minimum Gasteiger partial charge on any atom is -0.299 e. The van der Waals surface area contributed by atoms with Gasteiger partial charge in [-0.1, -0.05) is 26.8 Å². The molecule has 0 saturated heterocycles. The van der Waals surface area contributed by atoms with Crippen molar-refractivity contribution in [1.29, 1.82) is 0 Å². The average Bonchev–Trinajstić information content (AvgIpc) is 2.33. The molecule has 1 aliphatic carbocycles. The Kier molecular flexibility index (Phi) is 4.26. The number of carbonyl (C=O) groups is 1. The van der Waals surface area contributed by atoms with E-state index in [1.807, 2.05) is 13.8 Å². The molecule has 0 heterocycles. The monoisotopic (exact) mass is 280 g/mol. The summed E-state index contributed by atoms with van der Waals surface area (Å²) in [5.74, 6) is -0.465. The highest BCUT2D eigenvalue weighted by atomic mass is 19.1. The molecule has 0 radical (unpaired) electrons. The summed E-state index contributed by atoms with van der Waals surface area (Å²) >= 11 is 0. The maximum absolute atomic E-state index is 13.8. The smallest absolute Gasteiger partial charge is 0.136 e. The standard InChI is InChI=1S/C17H22F2O/c1-11-7-8-13(16(20)9-11)17(2,3)10-12-14(18)5-4-6-15(12)19/h4-6,11,13H,7-10H2,1-3H3. The van der Waals surface area contributed by atoms with Crippen molar-refractivity contribution in [2.75, 3.05) is 0 Å². The second-order valence-electron chi connectivity index (χ2n) is 6.77. The summed E-state index contributed by atoms with van der Waals surface area (Å²) in [4.78, 5) is 12.2. The Labute approximate surface area is 119 Å². The number of hydrogen-bond donors (Lipinski definition) is 0. The van der Waals surface area contributed by atoms with Gasteiger partial charge in [0.2, 0.25) is 0 Å². The molecule has 2 unspecified atom stereocenters. The van der Waals surface area contributed by atoms with Crippen LogP contribution in [-0.2, 0) is 11.2 Å². The van der Waals surface area contributed by atoms with Crippen LogP contribution in [0.3, 0.4) is 0 Å². The lowest BCUT2D eigenvalue weighted by molar-refractivity contribution is -0.129. The summed E-state index contributed by atoms with van der Waals surface area (Å²) in [5, 5.41) is 0. The van der Waals surface area contributed by atoms with Gasteiger partial charge in [-0.05, 0) is 42.7 Å². The molecule has 0 spiro atoms. The number of hydrogen-bond acceptors (Lipinski definition) is 1. The van der Waals surface area contributed by atoms with Crippen LogP contribution in [0, 0.1) is 28.9 Å². The number of benzene rings is 1. The molecule has 0 amide bonds. The van der Waals surface area contributed by atoms with Gasteiger partial charge in [-0.15, -0.1) is 0 Å². The third-order valence-electron chi connectivity index (χ3n) is 4.52. The van der Waals surface area contributed by atoms with Gasteiger partial charge < -0.3 is 0 Å². The summed E-state index contributed by atoms with van der Waals surface area (Å²) in [6.45, 7) is 5.96. The van der Waals surface area contributed by atoms with Crippen molar-refractivity contribution < 1.29 is 13.6 Å². The van der Waals surface area contributed by atoms with E-state index in [-0.39, 0.29) is 23.7 Å². The first-order chi connectivity index (χ1) is 9.31. The maximum atomic E-state index is 13.8. The van der Waals surface area contributed by atoms with Crippen LogP contribution in [0.2, 0.25) is 0 Å². The van der Waals surface area contributed by atoms with Crippen molar-refractivity contribution >= 4 is 5.78 Å². The second-order valence-corrected chi connectivity index (χ2v) is 6.77. The van der Waals surface area contributed by atoms with Gasteiger partial charge in [-0.3, -0.25) is 4.79 Å². The van der Waals surface area contributed by atoms with Crippen LogP contribution in [0.25, 0.3) is 0 Å². The van der Waals surface area contributed by atoms with Gasteiger partial charge in [0.05, 0.1) is 0 Å². The van der Waals surface area contributed by atoms with Crippen LogP contribution in [0.15, 0.2) is 18.2 Å². The molecule has 1 nitrogen and oxygen atoms in total. The maximum Gasteiger partial charge on any atom is 0.136 e. The highest BCUT2D eigenvalue weighted by molar-refractivity contribution is 5.82. The normalized spacial score (nSPS) is 23.9. The lowest BCUT2D eigenvalue weighted by Gasteiger charge is -2.37. The third kappa shape index (κ3) is 3.08. The highest BCUT2D eigenvalue weighted by Gasteiger charge is 2.38. The summed E-state index contributed by atoms with van der Waals surface area (Å²) < 4.78 is 27.6. The Morgan fingerprint density at radius 3 is 2.35 bits per heavy atom. The Bertz CT molecular complexity index is 487. The van der Waals surface area contributed by atoms with Gasteiger partial charge in [0.25, 0.3) is 0 Å². The zero-order valence-electron chi connectivity index (χ0n) is 12.4.